The molecule has 0 fully saturated rings. The molecule has 0 aliphatic carbocycles. The normalized spacial score (nSPS) is 12.4. The Morgan fingerprint density at radius 2 is 2.04 bits per heavy atom. The fourth-order valence-corrected chi connectivity index (χ4v) is 4.54. The summed E-state index contributed by atoms with van der Waals surface area (Å²) in [6, 6.07) is 7.36. The van der Waals surface area contributed by atoms with Crippen LogP contribution < -0.4 is 14.8 Å². The van der Waals surface area contributed by atoms with Crippen molar-refractivity contribution in [3.63, 3.8) is 0 Å². The lowest BCUT2D eigenvalue weighted by atomic mass is 10.1. The van der Waals surface area contributed by atoms with Gasteiger partial charge < -0.3 is 14.8 Å². The molecule has 1 atom stereocenters. The van der Waals surface area contributed by atoms with Crippen LogP contribution in [0.15, 0.2) is 35.8 Å². The Kier molecular flexibility index (Phi) is 4.29. The van der Waals surface area contributed by atoms with Crippen molar-refractivity contribution in [2.24, 2.45) is 0 Å². The zero-order valence-electron chi connectivity index (χ0n) is 14.5. The number of hydrogen-bond donors (Lipinski definition) is 1. The maximum absolute atomic E-state index is 12.7. The summed E-state index contributed by atoms with van der Waals surface area (Å²) in [7, 11) is 3.19. The second-order valence-corrected chi connectivity index (χ2v) is 7.68. The Labute approximate surface area is 158 Å². The third kappa shape index (κ3) is 2.81. The highest BCUT2D eigenvalue weighted by atomic mass is 32.1. The minimum atomic E-state index is -0.166. The molecule has 134 valence electrons. The molecular formula is C18H17N3O3S2. The number of carbonyl (C=O) groups is 1. The van der Waals surface area contributed by atoms with Gasteiger partial charge in [-0.2, -0.15) is 0 Å². The molecule has 0 spiro atoms. The number of nitrogens with zero attached hydrogens (tertiary/aromatic N) is 2. The van der Waals surface area contributed by atoms with E-state index in [9.17, 15) is 4.79 Å². The van der Waals surface area contributed by atoms with Crippen LogP contribution in [0.3, 0.4) is 0 Å². The first kappa shape index (κ1) is 16.9. The molecule has 0 radical (unpaired) electrons. The molecule has 1 unspecified atom stereocenters. The lowest BCUT2D eigenvalue weighted by Crippen LogP contribution is -2.25. The quantitative estimate of drug-likeness (QED) is 0.559. The van der Waals surface area contributed by atoms with Gasteiger partial charge >= 0.3 is 0 Å². The van der Waals surface area contributed by atoms with E-state index in [1.807, 2.05) is 47.2 Å². The van der Waals surface area contributed by atoms with E-state index in [0.717, 1.165) is 20.9 Å². The van der Waals surface area contributed by atoms with Gasteiger partial charge in [0, 0.05) is 11.6 Å². The molecule has 4 aromatic rings. The molecule has 0 aliphatic rings. The van der Waals surface area contributed by atoms with Crippen molar-refractivity contribution in [3.8, 4) is 11.5 Å². The number of nitrogens with one attached hydrogen (secondary N) is 1. The fourth-order valence-electron chi connectivity index (χ4n) is 2.83. The summed E-state index contributed by atoms with van der Waals surface area (Å²) in [6.07, 6.45) is 1.97. The minimum Gasteiger partial charge on any atom is -0.493 e. The lowest BCUT2D eigenvalue weighted by molar-refractivity contribution is 0.0944. The summed E-state index contributed by atoms with van der Waals surface area (Å²) in [5, 5.41) is 5.02. The summed E-state index contributed by atoms with van der Waals surface area (Å²) in [5.74, 6) is 1.19. The third-order valence-electron chi connectivity index (χ3n) is 4.22. The average Bonchev–Trinajstić information content (AvgIpc) is 3.33. The Morgan fingerprint density at radius 3 is 2.81 bits per heavy atom. The van der Waals surface area contributed by atoms with Crippen molar-refractivity contribution in [2.75, 3.05) is 14.2 Å². The van der Waals surface area contributed by atoms with Crippen molar-refractivity contribution in [2.45, 2.75) is 13.0 Å². The van der Waals surface area contributed by atoms with Gasteiger partial charge in [-0.1, -0.05) is 6.07 Å². The van der Waals surface area contributed by atoms with Crippen molar-refractivity contribution in [3.05, 3.63) is 46.3 Å². The van der Waals surface area contributed by atoms with Gasteiger partial charge in [0.05, 0.1) is 30.7 Å². The zero-order chi connectivity index (χ0) is 18.3. The highest BCUT2D eigenvalue weighted by Gasteiger charge is 2.18. The Bertz CT molecular complexity index is 1100. The number of fused-ring (bicyclic) bond motifs is 3. The number of carbonyl (C=O) groups excluding carboxylic acids is 1. The number of amides is 1. The van der Waals surface area contributed by atoms with E-state index in [4.69, 9.17) is 9.47 Å². The molecule has 3 aromatic heterocycles. The van der Waals surface area contributed by atoms with Gasteiger partial charge in [-0.15, -0.1) is 22.7 Å². The molecule has 1 aromatic carbocycles. The fraction of sp³-hybridized carbons (Fsp3) is 0.222. The third-order valence-corrected chi connectivity index (χ3v) is 5.99. The standard InChI is InChI=1S/C18H17N3O3S2/c1-10(11-4-5-13(23-2)14(8-11)24-3)19-16(22)15-9-12-17(26-15)20-18-21(12)6-7-25-18/h4-10H,1-3H3,(H,19,22). The maximum Gasteiger partial charge on any atom is 0.261 e. The van der Waals surface area contributed by atoms with E-state index in [1.54, 1.807) is 25.6 Å². The van der Waals surface area contributed by atoms with E-state index in [1.165, 1.54) is 11.3 Å². The van der Waals surface area contributed by atoms with E-state index >= 15 is 0 Å². The number of imidazole rings is 1. The first-order valence-electron chi connectivity index (χ1n) is 7.98. The van der Waals surface area contributed by atoms with Crippen LogP contribution in [-0.4, -0.2) is 29.5 Å². The second kappa shape index (κ2) is 6.62. The number of thiazole rings is 1. The molecule has 4 rings (SSSR count). The molecule has 1 N–H and O–H groups in total. The predicted molar refractivity (Wildman–Crippen MR) is 104 cm³/mol. The summed E-state index contributed by atoms with van der Waals surface area (Å²) in [6.45, 7) is 1.94. The van der Waals surface area contributed by atoms with Crippen LogP contribution in [0.5, 0.6) is 11.5 Å². The number of ether oxygens (including phenoxy) is 2. The Balaban J connectivity index is 1.56. The summed E-state index contributed by atoms with van der Waals surface area (Å²) >= 11 is 2.99. The number of hydrogen-bond acceptors (Lipinski definition) is 6. The first-order chi connectivity index (χ1) is 12.6. The topological polar surface area (TPSA) is 64.9 Å². The smallest absolute Gasteiger partial charge is 0.261 e. The molecule has 0 saturated carbocycles. The molecule has 8 heteroatoms. The van der Waals surface area contributed by atoms with Crippen LogP contribution in [0.2, 0.25) is 0 Å². The van der Waals surface area contributed by atoms with Crippen LogP contribution in [0.1, 0.15) is 28.2 Å². The summed E-state index contributed by atoms with van der Waals surface area (Å²) < 4.78 is 12.6. The van der Waals surface area contributed by atoms with Gasteiger partial charge in [-0.05, 0) is 30.7 Å². The van der Waals surface area contributed by atoms with E-state index < -0.39 is 0 Å². The number of methoxy groups -OCH3 is 2. The molecule has 1 amide bonds. The summed E-state index contributed by atoms with van der Waals surface area (Å²) in [5.41, 5.74) is 1.91. The number of rotatable bonds is 5. The number of benzene rings is 1. The largest absolute Gasteiger partial charge is 0.493 e. The second-order valence-electron chi connectivity index (χ2n) is 5.78. The van der Waals surface area contributed by atoms with Gasteiger partial charge in [0.2, 0.25) is 0 Å². The molecule has 0 saturated heterocycles. The van der Waals surface area contributed by atoms with Crippen molar-refractivity contribution in [1.82, 2.24) is 14.7 Å². The van der Waals surface area contributed by atoms with Gasteiger partial charge in [0.25, 0.3) is 5.91 Å². The van der Waals surface area contributed by atoms with Crippen LogP contribution in [0.4, 0.5) is 0 Å². The average molecular weight is 387 g/mol. The molecular weight excluding hydrogens is 370 g/mol. The van der Waals surface area contributed by atoms with Crippen molar-refractivity contribution >= 4 is 43.9 Å². The molecule has 0 aliphatic heterocycles. The van der Waals surface area contributed by atoms with E-state index in [2.05, 4.69) is 10.3 Å². The zero-order valence-corrected chi connectivity index (χ0v) is 16.1. The van der Waals surface area contributed by atoms with Crippen molar-refractivity contribution < 1.29 is 14.3 Å². The highest BCUT2D eigenvalue weighted by molar-refractivity contribution is 7.21. The molecule has 26 heavy (non-hydrogen) atoms. The van der Waals surface area contributed by atoms with Crippen molar-refractivity contribution in [1.29, 1.82) is 0 Å². The Hall–Kier alpha value is -2.58. The number of thiophene rings is 1. The van der Waals surface area contributed by atoms with Crippen LogP contribution in [0.25, 0.3) is 15.3 Å². The Morgan fingerprint density at radius 1 is 1.23 bits per heavy atom. The van der Waals surface area contributed by atoms with Gasteiger partial charge in [-0.3, -0.25) is 9.20 Å². The van der Waals surface area contributed by atoms with Gasteiger partial charge in [0.15, 0.2) is 16.5 Å². The minimum absolute atomic E-state index is 0.112. The molecule has 6 nitrogen and oxygen atoms in total. The highest BCUT2D eigenvalue weighted by Crippen LogP contribution is 2.31. The lowest BCUT2D eigenvalue weighted by Gasteiger charge is -2.16. The summed E-state index contributed by atoms with van der Waals surface area (Å²) in [4.78, 5) is 19.7. The van der Waals surface area contributed by atoms with Gasteiger partial charge in [-0.25, -0.2) is 4.98 Å². The SMILES string of the molecule is COc1ccc(C(C)NC(=O)c2cc3c(nc4sccn43)s2)cc1OC. The van der Waals surface area contributed by atoms with Gasteiger partial charge in [0.1, 0.15) is 4.83 Å². The molecule has 3 heterocycles. The monoisotopic (exact) mass is 387 g/mol. The first-order valence-corrected chi connectivity index (χ1v) is 9.68. The van der Waals surface area contributed by atoms with Crippen LogP contribution in [0, 0.1) is 0 Å². The predicted octanol–water partition coefficient (Wildman–Crippen LogP) is 4.12. The maximum atomic E-state index is 12.7. The van der Waals surface area contributed by atoms with E-state index in [0.29, 0.717) is 16.4 Å². The molecule has 0 bridgehead atoms. The van der Waals surface area contributed by atoms with E-state index in [-0.39, 0.29) is 11.9 Å². The van der Waals surface area contributed by atoms with Crippen LogP contribution in [-0.2, 0) is 0 Å². The number of aromatic nitrogens is 2. The van der Waals surface area contributed by atoms with Crippen LogP contribution >= 0.6 is 22.7 Å².